The molecule has 0 saturated carbocycles. The average molecular weight is 426 g/mol. The van der Waals surface area contributed by atoms with Crippen LogP contribution in [0, 0.1) is 11.3 Å². The number of nitriles is 1. The molecule has 1 aromatic heterocycles. The Hall–Kier alpha value is -3.11. The number of rotatable bonds is 5. The molecule has 27 heavy (non-hydrogen) atoms. The maximum Gasteiger partial charge on any atom is 0.360 e. The molecule has 0 aliphatic heterocycles. The molecule has 136 valence electrons. The Balaban J connectivity index is 2.25. The van der Waals surface area contributed by atoms with E-state index in [2.05, 4.69) is 27.1 Å². The van der Waals surface area contributed by atoms with E-state index in [-0.39, 0.29) is 17.9 Å². The number of hydrogen-bond acceptors (Lipinski definition) is 5. The molecule has 3 aromatic rings. The summed E-state index contributed by atoms with van der Waals surface area (Å²) in [4.78, 5) is 12.3. The van der Waals surface area contributed by atoms with Crippen molar-refractivity contribution in [2.45, 2.75) is 6.92 Å². The molecule has 0 spiro atoms. The van der Waals surface area contributed by atoms with Gasteiger partial charge in [0.05, 0.1) is 25.1 Å². The molecule has 0 radical (unpaired) electrons. The summed E-state index contributed by atoms with van der Waals surface area (Å²) in [5.74, 6) is 0.0669. The summed E-state index contributed by atoms with van der Waals surface area (Å²) in [5.41, 5.74) is 2.13. The lowest BCUT2D eigenvalue weighted by Crippen LogP contribution is -2.08. The van der Waals surface area contributed by atoms with E-state index in [1.807, 2.05) is 36.4 Å². The lowest BCUT2D eigenvalue weighted by molar-refractivity contribution is 0.0518. The summed E-state index contributed by atoms with van der Waals surface area (Å²) in [6.45, 7) is 1.91. The molecule has 0 aliphatic rings. The van der Waals surface area contributed by atoms with Gasteiger partial charge in [0.1, 0.15) is 17.4 Å². The van der Waals surface area contributed by atoms with E-state index in [1.54, 1.807) is 30.8 Å². The fourth-order valence-electron chi connectivity index (χ4n) is 2.65. The number of carbonyl (C=O) groups is 1. The number of halogens is 1. The predicted octanol–water partition coefficient (Wildman–Crippen LogP) is 4.36. The third-order valence-electron chi connectivity index (χ3n) is 3.90. The molecule has 0 saturated heterocycles. The second-order valence-corrected chi connectivity index (χ2v) is 6.44. The molecule has 0 bridgehead atoms. The minimum atomic E-state index is -0.625. The number of carbonyl (C=O) groups excluding carboxylic acids is 1. The molecule has 2 aromatic carbocycles. The minimum Gasteiger partial charge on any atom is -0.497 e. The molecular formula is C20H16BrN3O3. The molecular weight excluding hydrogens is 410 g/mol. The van der Waals surface area contributed by atoms with Crippen LogP contribution in [0.2, 0.25) is 0 Å². The van der Waals surface area contributed by atoms with Crippen LogP contribution in [-0.2, 0) is 4.74 Å². The molecule has 0 unspecified atom stereocenters. The summed E-state index contributed by atoms with van der Waals surface area (Å²) in [6.07, 6.45) is 0. The molecule has 0 aliphatic carbocycles. The monoisotopic (exact) mass is 425 g/mol. The molecule has 0 N–H and O–H groups in total. The van der Waals surface area contributed by atoms with E-state index in [4.69, 9.17) is 9.47 Å². The van der Waals surface area contributed by atoms with Crippen LogP contribution in [-0.4, -0.2) is 29.5 Å². The maximum atomic E-state index is 12.3. The lowest BCUT2D eigenvalue weighted by Gasteiger charge is -2.09. The molecule has 0 atom stereocenters. The van der Waals surface area contributed by atoms with E-state index in [0.717, 1.165) is 15.7 Å². The van der Waals surface area contributed by atoms with Crippen molar-refractivity contribution in [2.24, 2.45) is 0 Å². The Morgan fingerprint density at radius 3 is 2.41 bits per heavy atom. The number of hydrogen-bond donors (Lipinski definition) is 0. The summed E-state index contributed by atoms with van der Waals surface area (Å²) >= 11 is 3.40. The van der Waals surface area contributed by atoms with Crippen molar-refractivity contribution in [2.75, 3.05) is 13.7 Å². The van der Waals surface area contributed by atoms with Crippen LogP contribution < -0.4 is 4.74 Å². The molecule has 0 amide bonds. The lowest BCUT2D eigenvalue weighted by atomic mass is 10.1. The van der Waals surface area contributed by atoms with Gasteiger partial charge in [-0.15, -0.1) is 0 Å². The third kappa shape index (κ3) is 3.71. The van der Waals surface area contributed by atoms with E-state index < -0.39 is 5.97 Å². The fourth-order valence-corrected chi connectivity index (χ4v) is 2.92. The first-order valence-corrected chi connectivity index (χ1v) is 8.99. The van der Waals surface area contributed by atoms with Crippen molar-refractivity contribution >= 4 is 21.9 Å². The first kappa shape index (κ1) is 18.7. The number of aromatic nitrogens is 2. The van der Waals surface area contributed by atoms with Gasteiger partial charge >= 0.3 is 5.97 Å². The van der Waals surface area contributed by atoms with Crippen molar-refractivity contribution in [3.05, 3.63) is 64.3 Å². The van der Waals surface area contributed by atoms with Crippen LogP contribution in [0.25, 0.3) is 16.9 Å². The van der Waals surface area contributed by atoms with Gasteiger partial charge in [-0.3, -0.25) is 0 Å². The van der Waals surface area contributed by atoms with Crippen LogP contribution in [0.3, 0.4) is 0 Å². The molecule has 3 rings (SSSR count). The Bertz CT molecular complexity index is 1000. The van der Waals surface area contributed by atoms with Crippen LogP contribution in [0.4, 0.5) is 0 Å². The van der Waals surface area contributed by atoms with Crippen molar-refractivity contribution < 1.29 is 14.3 Å². The van der Waals surface area contributed by atoms with Crippen molar-refractivity contribution in [3.63, 3.8) is 0 Å². The highest BCUT2D eigenvalue weighted by atomic mass is 79.9. The molecule has 1 heterocycles. The second kappa shape index (κ2) is 8.06. The predicted molar refractivity (Wildman–Crippen MR) is 104 cm³/mol. The molecule has 7 heteroatoms. The van der Waals surface area contributed by atoms with Crippen LogP contribution in [0.1, 0.15) is 23.0 Å². The first-order valence-electron chi connectivity index (χ1n) is 8.19. The summed E-state index contributed by atoms with van der Waals surface area (Å²) in [5, 5.41) is 14.1. The number of methoxy groups -OCH3 is 1. The molecule has 0 fully saturated rings. The highest BCUT2D eigenvalue weighted by Gasteiger charge is 2.25. The van der Waals surface area contributed by atoms with Gasteiger partial charge in [0.15, 0.2) is 5.69 Å². The van der Waals surface area contributed by atoms with Gasteiger partial charge in [0.25, 0.3) is 0 Å². The zero-order valence-electron chi connectivity index (χ0n) is 14.8. The van der Waals surface area contributed by atoms with Gasteiger partial charge in [-0.2, -0.15) is 10.4 Å². The Kier molecular flexibility index (Phi) is 5.57. The second-order valence-electron chi connectivity index (χ2n) is 5.52. The Labute approximate surface area is 165 Å². The zero-order valence-corrected chi connectivity index (χ0v) is 16.4. The fraction of sp³-hybridized carbons (Fsp3) is 0.150. The Morgan fingerprint density at radius 1 is 1.19 bits per heavy atom. The SMILES string of the molecule is CCOC(=O)c1nn(-c2ccc(Br)cc2)c(-c2ccc(OC)cc2)c1C#N. The van der Waals surface area contributed by atoms with Crippen LogP contribution in [0.15, 0.2) is 53.0 Å². The van der Waals surface area contributed by atoms with Gasteiger partial charge in [-0.25, -0.2) is 9.48 Å². The normalized spacial score (nSPS) is 10.3. The minimum absolute atomic E-state index is 0.00640. The van der Waals surface area contributed by atoms with E-state index in [0.29, 0.717) is 11.4 Å². The van der Waals surface area contributed by atoms with Crippen LogP contribution in [0.5, 0.6) is 5.75 Å². The highest BCUT2D eigenvalue weighted by molar-refractivity contribution is 9.10. The zero-order chi connectivity index (χ0) is 19.4. The molecule has 6 nitrogen and oxygen atoms in total. The third-order valence-corrected chi connectivity index (χ3v) is 4.43. The van der Waals surface area contributed by atoms with Crippen molar-refractivity contribution in [3.8, 4) is 28.8 Å². The van der Waals surface area contributed by atoms with Crippen molar-refractivity contribution in [1.29, 1.82) is 5.26 Å². The standard InChI is InChI=1S/C20H16BrN3O3/c1-3-27-20(25)18-17(12-22)19(13-4-10-16(26-2)11-5-13)24(23-18)15-8-6-14(21)7-9-15/h4-11H,3H2,1-2H3. The quantitative estimate of drug-likeness (QED) is 0.567. The smallest absolute Gasteiger partial charge is 0.360 e. The van der Waals surface area contributed by atoms with E-state index in [1.165, 1.54) is 0 Å². The first-order chi connectivity index (χ1) is 13.1. The maximum absolute atomic E-state index is 12.3. The number of benzene rings is 2. The van der Waals surface area contributed by atoms with Gasteiger partial charge < -0.3 is 9.47 Å². The van der Waals surface area contributed by atoms with Gasteiger partial charge in [-0.05, 0) is 55.5 Å². The van der Waals surface area contributed by atoms with Crippen molar-refractivity contribution in [1.82, 2.24) is 9.78 Å². The summed E-state index contributed by atoms with van der Waals surface area (Å²) in [7, 11) is 1.58. The number of nitrogens with zero attached hydrogens (tertiary/aromatic N) is 3. The van der Waals surface area contributed by atoms with Gasteiger partial charge in [-0.1, -0.05) is 15.9 Å². The number of esters is 1. The topological polar surface area (TPSA) is 77.1 Å². The average Bonchev–Trinajstić information content (AvgIpc) is 3.08. The van der Waals surface area contributed by atoms with Gasteiger partial charge in [0, 0.05) is 10.0 Å². The van der Waals surface area contributed by atoms with Crippen LogP contribution >= 0.6 is 15.9 Å². The number of ether oxygens (including phenoxy) is 2. The largest absolute Gasteiger partial charge is 0.497 e. The van der Waals surface area contributed by atoms with E-state index >= 15 is 0 Å². The van der Waals surface area contributed by atoms with Gasteiger partial charge in [0.2, 0.25) is 0 Å². The summed E-state index contributed by atoms with van der Waals surface area (Å²) in [6, 6.07) is 16.8. The van der Waals surface area contributed by atoms with E-state index in [9.17, 15) is 10.1 Å². The highest BCUT2D eigenvalue weighted by Crippen LogP contribution is 2.31. The summed E-state index contributed by atoms with van der Waals surface area (Å²) < 4.78 is 12.8. The Morgan fingerprint density at radius 2 is 1.85 bits per heavy atom.